The molecule has 0 bridgehead atoms. The minimum Gasteiger partial charge on any atom is -0.487 e. The van der Waals surface area contributed by atoms with Crippen molar-refractivity contribution >= 4 is 11.6 Å². The molecule has 0 radical (unpaired) electrons. The number of nitrogens with one attached hydrogen (secondary N) is 1. The zero-order chi connectivity index (χ0) is 22.7. The third-order valence-electron chi connectivity index (χ3n) is 5.54. The Bertz CT molecular complexity index is 1240. The molecule has 5 heteroatoms. The SMILES string of the molecule is Cc1ccc(OCc2nc(-c3ccc(C(=O)Nc4cccc(C)c4C)cc3)oc2C)cc1. The first-order valence-electron chi connectivity index (χ1n) is 10.5. The quantitative estimate of drug-likeness (QED) is 0.387. The van der Waals surface area contributed by atoms with Crippen molar-refractivity contribution in [2.45, 2.75) is 34.3 Å². The molecule has 4 rings (SSSR count). The van der Waals surface area contributed by atoms with Crippen LogP contribution in [-0.2, 0) is 6.61 Å². The van der Waals surface area contributed by atoms with E-state index in [2.05, 4.69) is 10.3 Å². The molecule has 1 aromatic heterocycles. The molecule has 0 aliphatic rings. The Hall–Kier alpha value is -3.86. The second-order valence-corrected chi connectivity index (χ2v) is 7.90. The van der Waals surface area contributed by atoms with E-state index in [-0.39, 0.29) is 5.91 Å². The Kier molecular flexibility index (Phi) is 6.08. The van der Waals surface area contributed by atoms with Gasteiger partial charge in [0.25, 0.3) is 5.91 Å². The van der Waals surface area contributed by atoms with E-state index in [0.717, 1.165) is 33.8 Å². The van der Waals surface area contributed by atoms with Crippen LogP contribution in [0.2, 0.25) is 0 Å². The van der Waals surface area contributed by atoms with Gasteiger partial charge in [0.1, 0.15) is 23.8 Å². The minimum absolute atomic E-state index is 0.152. The molecule has 0 saturated carbocycles. The number of hydrogen-bond acceptors (Lipinski definition) is 4. The van der Waals surface area contributed by atoms with Crippen molar-refractivity contribution in [2.24, 2.45) is 0 Å². The smallest absolute Gasteiger partial charge is 0.255 e. The average Bonchev–Trinajstić information content (AvgIpc) is 3.17. The average molecular weight is 427 g/mol. The number of aromatic nitrogens is 1. The maximum atomic E-state index is 12.7. The summed E-state index contributed by atoms with van der Waals surface area (Å²) in [5.74, 6) is 1.86. The molecule has 1 amide bonds. The van der Waals surface area contributed by atoms with Crippen molar-refractivity contribution in [3.8, 4) is 17.2 Å². The van der Waals surface area contributed by atoms with E-state index in [4.69, 9.17) is 9.15 Å². The molecule has 162 valence electrons. The number of rotatable bonds is 6. The first-order chi connectivity index (χ1) is 15.4. The summed E-state index contributed by atoms with van der Waals surface area (Å²) in [6.07, 6.45) is 0. The number of aryl methyl sites for hydroxylation is 3. The Morgan fingerprint density at radius 1 is 0.938 bits per heavy atom. The Balaban J connectivity index is 1.44. The largest absolute Gasteiger partial charge is 0.487 e. The van der Waals surface area contributed by atoms with Crippen molar-refractivity contribution in [1.29, 1.82) is 0 Å². The summed E-state index contributed by atoms with van der Waals surface area (Å²) >= 11 is 0. The number of hydrogen-bond donors (Lipinski definition) is 1. The molecule has 4 aromatic rings. The molecule has 0 fully saturated rings. The van der Waals surface area contributed by atoms with Gasteiger partial charge >= 0.3 is 0 Å². The Morgan fingerprint density at radius 2 is 1.66 bits per heavy atom. The number of carbonyl (C=O) groups excluding carboxylic acids is 1. The molecule has 1 N–H and O–H groups in total. The van der Waals surface area contributed by atoms with Gasteiger partial charge in [0.15, 0.2) is 0 Å². The van der Waals surface area contributed by atoms with Gasteiger partial charge in [0.05, 0.1) is 0 Å². The summed E-state index contributed by atoms with van der Waals surface area (Å²) < 4.78 is 11.7. The van der Waals surface area contributed by atoms with Crippen LogP contribution >= 0.6 is 0 Å². The molecule has 0 saturated heterocycles. The van der Waals surface area contributed by atoms with Crippen LogP contribution in [0.1, 0.15) is 38.5 Å². The van der Waals surface area contributed by atoms with E-state index in [1.54, 1.807) is 12.1 Å². The van der Waals surface area contributed by atoms with E-state index in [1.807, 2.05) is 82.3 Å². The second-order valence-electron chi connectivity index (χ2n) is 7.90. The van der Waals surface area contributed by atoms with Crippen LogP contribution in [0.4, 0.5) is 5.69 Å². The highest BCUT2D eigenvalue weighted by Gasteiger charge is 2.14. The number of amides is 1. The van der Waals surface area contributed by atoms with E-state index < -0.39 is 0 Å². The molecule has 1 heterocycles. The van der Waals surface area contributed by atoms with E-state index >= 15 is 0 Å². The highest BCUT2D eigenvalue weighted by molar-refractivity contribution is 6.04. The fourth-order valence-corrected chi connectivity index (χ4v) is 3.32. The monoisotopic (exact) mass is 426 g/mol. The maximum Gasteiger partial charge on any atom is 0.255 e. The molecular formula is C27H26N2O3. The lowest BCUT2D eigenvalue weighted by Crippen LogP contribution is -2.12. The number of carbonyl (C=O) groups is 1. The molecule has 3 aromatic carbocycles. The van der Waals surface area contributed by atoms with Gasteiger partial charge in [0, 0.05) is 16.8 Å². The molecular weight excluding hydrogens is 400 g/mol. The van der Waals surface area contributed by atoms with Crippen molar-refractivity contribution in [3.63, 3.8) is 0 Å². The van der Waals surface area contributed by atoms with Crippen molar-refractivity contribution in [3.05, 3.63) is 100 Å². The summed E-state index contributed by atoms with van der Waals surface area (Å²) in [5.41, 5.74) is 6.33. The van der Waals surface area contributed by atoms with Gasteiger partial charge in [-0.2, -0.15) is 0 Å². The third kappa shape index (κ3) is 4.72. The summed E-state index contributed by atoms with van der Waals surface area (Å²) in [7, 11) is 0. The first-order valence-corrected chi connectivity index (χ1v) is 10.5. The van der Waals surface area contributed by atoms with Crippen LogP contribution in [0.5, 0.6) is 5.75 Å². The fourth-order valence-electron chi connectivity index (χ4n) is 3.32. The lowest BCUT2D eigenvalue weighted by molar-refractivity contribution is 0.102. The van der Waals surface area contributed by atoms with E-state index in [9.17, 15) is 4.79 Å². The maximum absolute atomic E-state index is 12.7. The van der Waals surface area contributed by atoms with E-state index in [0.29, 0.717) is 23.8 Å². The molecule has 32 heavy (non-hydrogen) atoms. The lowest BCUT2D eigenvalue weighted by Gasteiger charge is -2.10. The molecule has 0 unspecified atom stereocenters. The number of nitrogens with zero attached hydrogens (tertiary/aromatic N) is 1. The van der Waals surface area contributed by atoms with Crippen LogP contribution in [0.15, 0.2) is 71.1 Å². The van der Waals surface area contributed by atoms with Gasteiger partial charge in [0.2, 0.25) is 5.89 Å². The lowest BCUT2D eigenvalue weighted by atomic mass is 10.1. The van der Waals surface area contributed by atoms with Gasteiger partial charge in [-0.1, -0.05) is 29.8 Å². The number of ether oxygens (including phenoxy) is 1. The van der Waals surface area contributed by atoms with Gasteiger partial charge in [-0.15, -0.1) is 0 Å². The summed E-state index contributed by atoms with van der Waals surface area (Å²) in [6.45, 7) is 8.26. The topological polar surface area (TPSA) is 64.4 Å². The number of anilines is 1. The van der Waals surface area contributed by atoms with Crippen LogP contribution in [0.3, 0.4) is 0 Å². The van der Waals surface area contributed by atoms with Crippen LogP contribution in [0, 0.1) is 27.7 Å². The predicted octanol–water partition coefficient (Wildman–Crippen LogP) is 6.41. The zero-order valence-corrected chi connectivity index (χ0v) is 18.7. The highest BCUT2D eigenvalue weighted by Crippen LogP contribution is 2.24. The van der Waals surface area contributed by atoms with Crippen LogP contribution in [-0.4, -0.2) is 10.9 Å². The Labute approximate surface area is 188 Å². The van der Waals surface area contributed by atoms with Crippen molar-refractivity contribution < 1.29 is 13.9 Å². The molecule has 0 aliphatic carbocycles. The molecule has 0 aliphatic heterocycles. The van der Waals surface area contributed by atoms with Crippen molar-refractivity contribution in [1.82, 2.24) is 4.98 Å². The van der Waals surface area contributed by atoms with Crippen molar-refractivity contribution in [2.75, 3.05) is 5.32 Å². The first kappa shape index (κ1) is 21.4. The Morgan fingerprint density at radius 3 is 2.38 bits per heavy atom. The standard InChI is InChI=1S/C27H26N2O3/c1-17-8-14-23(15-9-17)31-16-25-20(4)32-27(29-25)22-12-10-21(11-13-22)26(30)28-24-7-5-6-18(2)19(24)3/h5-15H,16H2,1-4H3,(H,28,30). The summed E-state index contributed by atoms with van der Waals surface area (Å²) in [5, 5.41) is 2.98. The van der Waals surface area contributed by atoms with Crippen LogP contribution in [0.25, 0.3) is 11.5 Å². The number of oxazole rings is 1. The van der Waals surface area contributed by atoms with Gasteiger partial charge in [-0.3, -0.25) is 4.79 Å². The zero-order valence-electron chi connectivity index (χ0n) is 18.7. The molecule has 0 spiro atoms. The van der Waals surface area contributed by atoms with Gasteiger partial charge in [-0.25, -0.2) is 4.98 Å². The third-order valence-corrected chi connectivity index (χ3v) is 5.54. The van der Waals surface area contributed by atoms with Gasteiger partial charge in [-0.05, 0) is 81.3 Å². The fraction of sp³-hybridized carbons (Fsp3) is 0.185. The second kappa shape index (κ2) is 9.10. The molecule has 0 atom stereocenters. The van der Waals surface area contributed by atoms with E-state index in [1.165, 1.54) is 5.56 Å². The predicted molar refractivity (Wildman–Crippen MR) is 126 cm³/mol. The van der Waals surface area contributed by atoms with Gasteiger partial charge < -0.3 is 14.5 Å². The highest BCUT2D eigenvalue weighted by atomic mass is 16.5. The number of benzene rings is 3. The molecule has 5 nitrogen and oxygen atoms in total. The normalized spacial score (nSPS) is 10.8. The summed E-state index contributed by atoms with van der Waals surface area (Å²) in [6, 6.07) is 21.0. The minimum atomic E-state index is -0.152. The van der Waals surface area contributed by atoms with Crippen LogP contribution < -0.4 is 10.1 Å². The summed E-state index contributed by atoms with van der Waals surface area (Å²) in [4.78, 5) is 17.2.